The molecule has 1 heterocycles. The quantitative estimate of drug-likeness (QED) is 0.306. The zero-order valence-electron chi connectivity index (χ0n) is 23.9. The van der Waals surface area contributed by atoms with Gasteiger partial charge in [-0.15, -0.1) is 0 Å². The van der Waals surface area contributed by atoms with E-state index in [1.165, 1.54) is 11.1 Å². The van der Waals surface area contributed by atoms with Crippen LogP contribution < -0.4 is 10.6 Å². The summed E-state index contributed by atoms with van der Waals surface area (Å²) < 4.78 is 0. The Morgan fingerprint density at radius 2 is 1.51 bits per heavy atom. The summed E-state index contributed by atoms with van der Waals surface area (Å²) in [5, 5.41) is 6.28. The molecule has 0 radical (unpaired) electrons. The van der Waals surface area contributed by atoms with Crippen molar-refractivity contribution in [2.24, 2.45) is 5.92 Å². The fourth-order valence-electron chi connectivity index (χ4n) is 5.57. The van der Waals surface area contributed by atoms with Crippen LogP contribution in [0.15, 0.2) is 78.9 Å². The van der Waals surface area contributed by atoms with E-state index < -0.39 is 5.41 Å². The van der Waals surface area contributed by atoms with Crippen LogP contribution in [0.2, 0.25) is 0 Å². The molecule has 0 aliphatic carbocycles. The first kappa shape index (κ1) is 28.6. The normalized spacial score (nSPS) is 14.8. The number of amides is 2. The Labute approximate surface area is 234 Å². The molecular formula is C34H43N3O2. The number of benzene rings is 3. The SMILES string of the molecule is Cc1ccc(NC(=O)C(C)C)cc1C1CCN(CCCNC(=O)C(C)(c2ccccc2)c2ccccc2)CC1. The van der Waals surface area contributed by atoms with Crippen LogP contribution in [0.25, 0.3) is 0 Å². The lowest BCUT2D eigenvalue weighted by molar-refractivity contribution is -0.125. The predicted octanol–water partition coefficient (Wildman–Crippen LogP) is 6.28. The average molecular weight is 526 g/mol. The summed E-state index contributed by atoms with van der Waals surface area (Å²) in [4.78, 5) is 28.2. The number of aryl methyl sites for hydroxylation is 1. The van der Waals surface area contributed by atoms with Crippen molar-refractivity contribution >= 4 is 17.5 Å². The van der Waals surface area contributed by atoms with Crippen LogP contribution in [0.3, 0.4) is 0 Å². The zero-order chi connectivity index (χ0) is 27.8. The highest BCUT2D eigenvalue weighted by Crippen LogP contribution is 2.33. The van der Waals surface area contributed by atoms with Crippen molar-refractivity contribution in [1.82, 2.24) is 10.2 Å². The van der Waals surface area contributed by atoms with Crippen molar-refractivity contribution in [1.29, 1.82) is 0 Å². The topological polar surface area (TPSA) is 61.4 Å². The van der Waals surface area contributed by atoms with Crippen molar-refractivity contribution in [2.45, 2.75) is 58.3 Å². The van der Waals surface area contributed by atoms with Crippen molar-refractivity contribution < 1.29 is 9.59 Å². The lowest BCUT2D eigenvalue weighted by Crippen LogP contribution is -2.44. The number of anilines is 1. The maximum Gasteiger partial charge on any atom is 0.234 e. The van der Waals surface area contributed by atoms with Crippen LogP contribution in [0.4, 0.5) is 5.69 Å². The van der Waals surface area contributed by atoms with Crippen molar-refractivity contribution in [3.8, 4) is 0 Å². The van der Waals surface area contributed by atoms with Crippen LogP contribution >= 0.6 is 0 Å². The molecule has 2 N–H and O–H groups in total. The minimum Gasteiger partial charge on any atom is -0.355 e. The van der Waals surface area contributed by atoms with Gasteiger partial charge in [0.1, 0.15) is 0 Å². The molecule has 1 saturated heterocycles. The number of rotatable bonds is 10. The second kappa shape index (κ2) is 13.1. The number of carbonyl (C=O) groups excluding carboxylic acids is 2. The second-order valence-electron chi connectivity index (χ2n) is 11.3. The summed E-state index contributed by atoms with van der Waals surface area (Å²) in [5.41, 5.74) is 4.80. The lowest BCUT2D eigenvalue weighted by atomic mass is 9.75. The summed E-state index contributed by atoms with van der Waals surface area (Å²) in [5.74, 6) is 0.570. The molecule has 0 bridgehead atoms. The Balaban J connectivity index is 1.28. The summed E-state index contributed by atoms with van der Waals surface area (Å²) in [6, 6.07) is 26.4. The highest BCUT2D eigenvalue weighted by atomic mass is 16.2. The number of nitrogens with zero attached hydrogens (tertiary/aromatic N) is 1. The summed E-state index contributed by atoms with van der Waals surface area (Å²) in [6.45, 7) is 11.7. The fourth-order valence-corrected chi connectivity index (χ4v) is 5.57. The average Bonchev–Trinajstić information content (AvgIpc) is 2.97. The molecule has 39 heavy (non-hydrogen) atoms. The standard InChI is InChI=1S/C34H43N3O2/c1-25(2)32(38)36-30-17-16-26(3)31(24-30)27-18-22-37(23-19-27)21-11-20-35-33(39)34(4,28-12-7-5-8-13-28)29-14-9-6-10-15-29/h5-10,12-17,24-25,27H,11,18-23H2,1-4H3,(H,35,39)(H,36,38). The zero-order valence-corrected chi connectivity index (χ0v) is 23.9. The largest absolute Gasteiger partial charge is 0.355 e. The summed E-state index contributed by atoms with van der Waals surface area (Å²) in [7, 11) is 0. The fraction of sp³-hybridized carbons (Fsp3) is 0.412. The molecule has 206 valence electrons. The van der Waals surface area contributed by atoms with Gasteiger partial charge in [-0.05, 0) is 93.0 Å². The van der Waals surface area contributed by atoms with E-state index in [4.69, 9.17) is 0 Å². The van der Waals surface area contributed by atoms with E-state index in [2.05, 4.69) is 34.6 Å². The minimum atomic E-state index is -0.734. The molecule has 3 aromatic carbocycles. The van der Waals surface area contributed by atoms with Crippen LogP contribution in [0.5, 0.6) is 0 Å². The highest BCUT2D eigenvalue weighted by molar-refractivity contribution is 5.92. The number of carbonyl (C=O) groups is 2. The van der Waals surface area contributed by atoms with Gasteiger partial charge in [0.05, 0.1) is 5.41 Å². The van der Waals surface area contributed by atoms with E-state index in [1.54, 1.807) is 0 Å². The molecule has 0 spiro atoms. The van der Waals surface area contributed by atoms with Crippen molar-refractivity contribution in [2.75, 3.05) is 31.5 Å². The minimum absolute atomic E-state index is 0.0341. The number of hydrogen-bond donors (Lipinski definition) is 2. The lowest BCUT2D eigenvalue weighted by Gasteiger charge is -2.33. The molecule has 0 unspecified atom stereocenters. The van der Waals surface area contributed by atoms with Gasteiger partial charge in [0.2, 0.25) is 11.8 Å². The van der Waals surface area contributed by atoms with E-state index in [-0.39, 0.29) is 17.7 Å². The van der Waals surface area contributed by atoms with Gasteiger partial charge in [0.25, 0.3) is 0 Å². The van der Waals surface area contributed by atoms with Gasteiger partial charge < -0.3 is 15.5 Å². The molecule has 1 aliphatic rings. The highest BCUT2D eigenvalue weighted by Gasteiger charge is 2.36. The number of hydrogen-bond acceptors (Lipinski definition) is 3. The maximum atomic E-state index is 13.5. The third kappa shape index (κ3) is 6.96. The Morgan fingerprint density at radius 1 is 0.923 bits per heavy atom. The molecule has 3 aromatic rings. The van der Waals surface area contributed by atoms with Crippen molar-refractivity contribution in [3.63, 3.8) is 0 Å². The monoisotopic (exact) mass is 525 g/mol. The Morgan fingerprint density at radius 3 is 2.08 bits per heavy atom. The smallest absolute Gasteiger partial charge is 0.234 e. The van der Waals surface area contributed by atoms with Gasteiger partial charge in [-0.1, -0.05) is 80.6 Å². The molecule has 0 saturated carbocycles. The third-order valence-electron chi connectivity index (χ3n) is 8.19. The Hall–Kier alpha value is -3.44. The first-order valence-electron chi connectivity index (χ1n) is 14.3. The van der Waals surface area contributed by atoms with Crippen LogP contribution in [0.1, 0.15) is 68.2 Å². The van der Waals surface area contributed by atoms with Gasteiger partial charge in [-0.25, -0.2) is 0 Å². The molecule has 2 amide bonds. The molecule has 0 atom stereocenters. The Bertz CT molecular complexity index is 1190. The molecule has 5 heteroatoms. The van der Waals surface area contributed by atoms with Crippen LogP contribution in [-0.2, 0) is 15.0 Å². The van der Waals surface area contributed by atoms with Crippen LogP contribution in [-0.4, -0.2) is 42.9 Å². The third-order valence-corrected chi connectivity index (χ3v) is 8.19. The van der Waals surface area contributed by atoms with E-state index in [9.17, 15) is 9.59 Å². The first-order valence-corrected chi connectivity index (χ1v) is 14.3. The molecule has 1 fully saturated rings. The molecule has 0 aromatic heterocycles. The molecule has 4 rings (SSSR count). The number of piperidine rings is 1. The van der Waals surface area contributed by atoms with Gasteiger partial charge in [0.15, 0.2) is 0 Å². The molecule has 5 nitrogen and oxygen atoms in total. The Kier molecular flexibility index (Phi) is 9.58. The second-order valence-corrected chi connectivity index (χ2v) is 11.3. The number of likely N-dealkylation sites (tertiary alicyclic amines) is 1. The molecule has 1 aliphatic heterocycles. The van der Waals surface area contributed by atoms with Gasteiger partial charge in [-0.2, -0.15) is 0 Å². The summed E-state index contributed by atoms with van der Waals surface area (Å²) in [6.07, 6.45) is 3.13. The maximum absolute atomic E-state index is 13.5. The molecular weight excluding hydrogens is 482 g/mol. The van der Waals surface area contributed by atoms with E-state index >= 15 is 0 Å². The first-order chi connectivity index (χ1) is 18.8. The van der Waals surface area contributed by atoms with E-state index in [1.807, 2.05) is 87.5 Å². The van der Waals surface area contributed by atoms with E-state index in [0.717, 1.165) is 55.7 Å². The predicted molar refractivity (Wildman–Crippen MR) is 160 cm³/mol. The van der Waals surface area contributed by atoms with Gasteiger partial charge >= 0.3 is 0 Å². The number of nitrogens with one attached hydrogen (secondary N) is 2. The van der Waals surface area contributed by atoms with E-state index in [0.29, 0.717) is 12.5 Å². The van der Waals surface area contributed by atoms with Gasteiger partial charge in [-0.3, -0.25) is 9.59 Å². The summed E-state index contributed by atoms with van der Waals surface area (Å²) >= 11 is 0. The van der Waals surface area contributed by atoms with Crippen molar-refractivity contribution in [3.05, 3.63) is 101 Å². The van der Waals surface area contributed by atoms with Crippen LogP contribution in [0, 0.1) is 12.8 Å². The van der Waals surface area contributed by atoms with Gasteiger partial charge in [0, 0.05) is 18.2 Å².